The molecule has 1 fully saturated rings. The number of hydrogen-bond donors (Lipinski definition) is 1. The minimum Gasteiger partial charge on any atom is -0.497 e. The van der Waals surface area contributed by atoms with Gasteiger partial charge in [-0.1, -0.05) is 0 Å². The van der Waals surface area contributed by atoms with Crippen molar-refractivity contribution in [3.63, 3.8) is 0 Å². The fourth-order valence-electron chi connectivity index (χ4n) is 4.05. The molecule has 1 aliphatic rings. The molecular weight excluding hydrogens is 420 g/mol. The molecule has 1 atom stereocenters. The van der Waals surface area contributed by atoms with Crippen LogP contribution in [0.5, 0.6) is 11.5 Å². The number of ether oxygens (including phenoxy) is 2. The molecule has 1 N–H and O–H groups in total. The van der Waals surface area contributed by atoms with Crippen molar-refractivity contribution < 1.29 is 14.3 Å². The van der Waals surface area contributed by atoms with Crippen molar-refractivity contribution in [1.29, 1.82) is 0 Å². The molecule has 3 aromatic rings. The monoisotopic (exact) mass is 450 g/mol. The van der Waals surface area contributed by atoms with Crippen molar-refractivity contribution in [3.05, 3.63) is 54.1 Å². The van der Waals surface area contributed by atoms with Gasteiger partial charge in [0, 0.05) is 24.8 Å². The Kier molecular flexibility index (Phi) is 7.07. The Morgan fingerprint density at radius 1 is 1.12 bits per heavy atom. The van der Waals surface area contributed by atoms with Crippen LogP contribution in [0.2, 0.25) is 0 Å². The number of aryl methyl sites for hydroxylation is 2. The van der Waals surface area contributed by atoms with E-state index in [-0.39, 0.29) is 11.8 Å². The lowest BCUT2D eigenvalue weighted by molar-refractivity contribution is -0.125. The molecule has 1 amide bonds. The van der Waals surface area contributed by atoms with Gasteiger partial charge in [-0.05, 0) is 57.0 Å². The van der Waals surface area contributed by atoms with Gasteiger partial charge in [0.1, 0.15) is 30.3 Å². The van der Waals surface area contributed by atoms with E-state index in [1.54, 1.807) is 13.4 Å². The SMILES string of the molecule is COc1ccc(OCCNC(=O)C2CCCN(c3cc(-n4nc(C)cc4C)ncn3)C2)cc1. The van der Waals surface area contributed by atoms with Crippen LogP contribution >= 0.6 is 0 Å². The van der Waals surface area contributed by atoms with E-state index in [2.05, 4.69) is 25.3 Å². The summed E-state index contributed by atoms with van der Waals surface area (Å²) in [4.78, 5) is 23.7. The normalized spacial score (nSPS) is 15.8. The lowest BCUT2D eigenvalue weighted by Gasteiger charge is -2.32. The van der Waals surface area contributed by atoms with Crippen LogP contribution in [-0.4, -0.2) is 59.0 Å². The average molecular weight is 451 g/mol. The van der Waals surface area contributed by atoms with Gasteiger partial charge in [-0.2, -0.15) is 5.10 Å². The van der Waals surface area contributed by atoms with Crippen molar-refractivity contribution in [2.45, 2.75) is 26.7 Å². The molecule has 9 nitrogen and oxygen atoms in total. The number of piperidine rings is 1. The highest BCUT2D eigenvalue weighted by Gasteiger charge is 2.26. The maximum Gasteiger partial charge on any atom is 0.225 e. The number of hydrogen-bond acceptors (Lipinski definition) is 7. The fourth-order valence-corrected chi connectivity index (χ4v) is 4.05. The van der Waals surface area contributed by atoms with Crippen LogP contribution in [0.3, 0.4) is 0 Å². The van der Waals surface area contributed by atoms with Gasteiger partial charge < -0.3 is 19.7 Å². The molecule has 1 aromatic carbocycles. The lowest BCUT2D eigenvalue weighted by Crippen LogP contribution is -2.44. The molecule has 0 radical (unpaired) electrons. The number of nitrogens with zero attached hydrogens (tertiary/aromatic N) is 5. The Hall–Kier alpha value is -3.62. The predicted molar refractivity (Wildman–Crippen MR) is 125 cm³/mol. The van der Waals surface area contributed by atoms with E-state index >= 15 is 0 Å². The second kappa shape index (κ2) is 10.3. The maximum atomic E-state index is 12.7. The number of carbonyl (C=O) groups is 1. The third-order valence-electron chi connectivity index (χ3n) is 5.71. The minimum atomic E-state index is -0.0909. The van der Waals surface area contributed by atoms with Crippen LogP contribution in [-0.2, 0) is 4.79 Å². The summed E-state index contributed by atoms with van der Waals surface area (Å²) in [6.45, 7) is 6.31. The van der Waals surface area contributed by atoms with Crippen LogP contribution in [0, 0.1) is 19.8 Å². The Morgan fingerprint density at radius 3 is 2.61 bits per heavy atom. The van der Waals surface area contributed by atoms with Crippen molar-refractivity contribution in [3.8, 4) is 17.3 Å². The van der Waals surface area contributed by atoms with Crippen molar-refractivity contribution in [2.75, 3.05) is 38.3 Å². The summed E-state index contributed by atoms with van der Waals surface area (Å²) in [5.74, 6) is 3.03. The van der Waals surface area contributed by atoms with Crippen LogP contribution in [0.4, 0.5) is 5.82 Å². The van der Waals surface area contributed by atoms with Gasteiger partial charge in [0.25, 0.3) is 0 Å². The molecule has 0 spiro atoms. The van der Waals surface area contributed by atoms with E-state index in [1.807, 2.05) is 54.9 Å². The average Bonchev–Trinajstić information content (AvgIpc) is 3.20. The first-order valence-corrected chi connectivity index (χ1v) is 11.2. The molecule has 1 unspecified atom stereocenters. The smallest absolute Gasteiger partial charge is 0.225 e. The lowest BCUT2D eigenvalue weighted by atomic mass is 9.97. The van der Waals surface area contributed by atoms with Gasteiger partial charge >= 0.3 is 0 Å². The van der Waals surface area contributed by atoms with Crippen LogP contribution < -0.4 is 19.7 Å². The van der Waals surface area contributed by atoms with E-state index in [1.165, 1.54) is 0 Å². The van der Waals surface area contributed by atoms with Crippen molar-refractivity contribution in [2.24, 2.45) is 5.92 Å². The topological polar surface area (TPSA) is 94.4 Å². The maximum absolute atomic E-state index is 12.7. The van der Waals surface area contributed by atoms with Crippen LogP contribution in [0.25, 0.3) is 5.82 Å². The Bertz CT molecular complexity index is 1080. The Morgan fingerprint density at radius 2 is 1.88 bits per heavy atom. The van der Waals surface area contributed by atoms with Gasteiger partial charge in [-0.3, -0.25) is 4.79 Å². The van der Waals surface area contributed by atoms with Gasteiger partial charge in [0.15, 0.2) is 5.82 Å². The number of amides is 1. The number of nitrogens with one attached hydrogen (secondary N) is 1. The number of rotatable bonds is 8. The van der Waals surface area contributed by atoms with E-state index in [0.29, 0.717) is 19.7 Å². The highest BCUT2D eigenvalue weighted by atomic mass is 16.5. The zero-order valence-corrected chi connectivity index (χ0v) is 19.3. The van der Waals surface area contributed by atoms with Gasteiger partial charge in [-0.25, -0.2) is 14.6 Å². The standard InChI is InChI=1S/C24H30N6O3/c1-17-13-18(2)30(28-17)23-14-22(26-16-27-23)29-11-4-5-19(15-29)24(31)25-10-12-33-21-8-6-20(32-3)7-9-21/h6-9,13-14,16,19H,4-5,10-12,15H2,1-3H3,(H,25,31). The minimum absolute atomic E-state index is 0.0471. The molecule has 0 saturated carbocycles. The van der Waals surface area contributed by atoms with Crippen LogP contribution in [0.1, 0.15) is 24.2 Å². The van der Waals surface area contributed by atoms with Gasteiger partial charge in [0.2, 0.25) is 5.91 Å². The molecule has 2 aromatic heterocycles. The highest BCUT2D eigenvalue weighted by Crippen LogP contribution is 2.23. The third-order valence-corrected chi connectivity index (χ3v) is 5.71. The molecule has 174 valence electrons. The molecule has 33 heavy (non-hydrogen) atoms. The van der Waals surface area contributed by atoms with Gasteiger partial charge in [0.05, 0.1) is 25.3 Å². The Labute approximate surface area is 193 Å². The summed E-state index contributed by atoms with van der Waals surface area (Å²) in [6, 6.07) is 11.3. The number of carbonyl (C=O) groups excluding carboxylic acids is 1. The molecular formula is C24H30N6O3. The molecule has 9 heteroatoms. The van der Waals surface area contributed by atoms with E-state index < -0.39 is 0 Å². The molecule has 1 saturated heterocycles. The first-order valence-electron chi connectivity index (χ1n) is 11.2. The summed E-state index contributed by atoms with van der Waals surface area (Å²) in [5.41, 5.74) is 1.96. The first-order chi connectivity index (χ1) is 16.0. The third kappa shape index (κ3) is 5.60. The second-order valence-electron chi connectivity index (χ2n) is 8.17. The summed E-state index contributed by atoms with van der Waals surface area (Å²) >= 11 is 0. The van der Waals surface area contributed by atoms with E-state index in [0.717, 1.165) is 53.9 Å². The Balaban J connectivity index is 1.30. The van der Waals surface area contributed by atoms with Crippen molar-refractivity contribution in [1.82, 2.24) is 25.1 Å². The molecule has 0 aliphatic carbocycles. The molecule has 3 heterocycles. The number of methoxy groups -OCH3 is 1. The summed E-state index contributed by atoms with van der Waals surface area (Å²) in [6.07, 6.45) is 3.35. The zero-order valence-electron chi connectivity index (χ0n) is 19.3. The van der Waals surface area contributed by atoms with E-state index in [9.17, 15) is 4.79 Å². The predicted octanol–water partition coefficient (Wildman–Crippen LogP) is 2.70. The number of benzene rings is 1. The van der Waals surface area contributed by atoms with Crippen molar-refractivity contribution >= 4 is 11.7 Å². The van der Waals surface area contributed by atoms with Gasteiger partial charge in [-0.15, -0.1) is 0 Å². The summed E-state index contributed by atoms with van der Waals surface area (Å²) < 4.78 is 12.7. The highest BCUT2D eigenvalue weighted by molar-refractivity contribution is 5.79. The number of aromatic nitrogens is 4. The quantitative estimate of drug-likeness (QED) is 0.527. The largest absolute Gasteiger partial charge is 0.497 e. The summed E-state index contributed by atoms with van der Waals surface area (Å²) in [5, 5.41) is 7.51. The zero-order chi connectivity index (χ0) is 23.2. The van der Waals surface area contributed by atoms with E-state index in [4.69, 9.17) is 9.47 Å². The number of anilines is 1. The first kappa shape index (κ1) is 22.6. The fraction of sp³-hybridized carbons (Fsp3) is 0.417. The van der Waals surface area contributed by atoms with Crippen LogP contribution in [0.15, 0.2) is 42.7 Å². The summed E-state index contributed by atoms with van der Waals surface area (Å²) in [7, 11) is 1.63. The second-order valence-corrected chi connectivity index (χ2v) is 8.17. The molecule has 4 rings (SSSR count). The molecule has 0 bridgehead atoms. The molecule has 1 aliphatic heterocycles.